The van der Waals surface area contributed by atoms with Gasteiger partial charge in [0.25, 0.3) is 11.5 Å². The van der Waals surface area contributed by atoms with E-state index in [1.807, 2.05) is 13.8 Å². The molecule has 1 saturated carbocycles. The molecular formula is C25H35N5O5. The molecule has 1 aliphatic heterocycles. The van der Waals surface area contributed by atoms with E-state index in [0.717, 1.165) is 25.7 Å². The molecule has 1 saturated heterocycles. The summed E-state index contributed by atoms with van der Waals surface area (Å²) in [6.45, 7) is 8.94. The third-order valence-corrected chi connectivity index (χ3v) is 6.81. The molecule has 1 aliphatic carbocycles. The molecule has 2 aromatic heterocycles. The van der Waals surface area contributed by atoms with Crippen LogP contribution in [0.1, 0.15) is 69.3 Å². The van der Waals surface area contributed by atoms with Crippen LogP contribution in [-0.2, 0) is 11.3 Å². The fraction of sp³-hybridized carbons (Fsp3) is 0.600. The smallest absolute Gasteiger partial charge is 0.270 e. The summed E-state index contributed by atoms with van der Waals surface area (Å²) in [6, 6.07) is 0.0335. The summed E-state index contributed by atoms with van der Waals surface area (Å²) in [7, 11) is 0. The average molecular weight is 486 g/mol. The largest absolute Gasteiger partial charge is 0.492 e. The van der Waals surface area contributed by atoms with Crippen LogP contribution in [0.2, 0.25) is 0 Å². The second-order valence-corrected chi connectivity index (χ2v) is 10.7. The molecule has 10 heteroatoms. The van der Waals surface area contributed by atoms with Crippen LogP contribution in [0.15, 0.2) is 17.1 Å². The Labute approximate surface area is 204 Å². The third-order valence-electron chi connectivity index (χ3n) is 6.81. The van der Waals surface area contributed by atoms with E-state index in [1.54, 1.807) is 24.8 Å². The summed E-state index contributed by atoms with van der Waals surface area (Å²) < 4.78 is 2.63. The lowest BCUT2D eigenvalue weighted by Gasteiger charge is -2.37. The Bertz CT molecular complexity index is 1210. The highest BCUT2D eigenvalue weighted by molar-refractivity contribution is 5.97. The van der Waals surface area contributed by atoms with Crippen LogP contribution in [0.25, 0.3) is 11.7 Å². The summed E-state index contributed by atoms with van der Waals surface area (Å²) in [5.74, 6) is -1.05. The van der Waals surface area contributed by atoms with Crippen molar-refractivity contribution in [3.05, 3.63) is 33.8 Å². The number of aliphatic hydroxyl groups is 1. The molecule has 0 aromatic carbocycles. The van der Waals surface area contributed by atoms with Crippen LogP contribution in [0.4, 0.5) is 0 Å². The first kappa shape index (κ1) is 25.0. The Balaban J connectivity index is 1.63. The number of piperidine rings is 1. The van der Waals surface area contributed by atoms with Gasteiger partial charge in [-0.15, -0.1) is 0 Å². The predicted molar refractivity (Wildman–Crippen MR) is 131 cm³/mol. The molecule has 0 bridgehead atoms. The Morgan fingerprint density at radius 3 is 2.46 bits per heavy atom. The second-order valence-electron chi connectivity index (χ2n) is 10.7. The Hall–Kier alpha value is -3.14. The van der Waals surface area contributed by atoms with Gasteiger partial charge in [0.15, 0.2) is 5.56 Å². The minimum Gasteiger partial charge on any atom is -0.492 e. The van der Waals surface area contributed by atoms with Crippen molar-refractivity contribution < 1.29 is 19.8 Å². The van der Waals surface area contributed by atoms with Crippen molar-refractivity contribution in [1.29, 1.82) is 0 Å². The van der Waals surface area contributed by atoms with E-state index in [-0.39, 0.29) is 29.3 Å². The Kier molecular flexibility index (Phi) is 6.77. The summed E-state index contributed by atoms with van der Waals surface area (Å²) >= 11 is 0. The number of hydrogen-bond donors (Lipinski definition) is 3. The van der Waals surface area contributed by atoms with Crippen molar-refractivity contribution in [2.24, 2.45) is 11.8 Å². The number of carbonyl (C=O) groups excluding carboxylic acids is 2. The van der Waals surface area contributed by atoms with Crippen molar-refractivity contribution in [3.8, 4) is 5.88 Å². The summed E-state index contributed by atoms with van der Waals surface area (Å²) in [6.07, 6.45) is 7.67. The molecule has 10 nitrogen and oxygen atoms in total. The van der Waals surface area contributed by atoms with Crippen LogP contribution in [0.3, 0.4) is 0 Å². The maximum absolute atomic E-state index is 13.3. The first-order chi connectivity index (χ1) is 16.5. The van der Waals surface area contributed by atoms with Crippen molar-refractivity contribution >= 4 is 23.5 Å². The molecule has 3 N–H and O–H groups in total. The minimum absolute atomic E-state index is 0.0335. The molecule has 2 fully saturated rings. The van der Waals surface area contributed by atoms with Crippen LogP contribution in [0.5, 0.6) is 5.88 Å². The lowest BCUT2D eigenvalue weighted by molar-refractivity contribution is -0.128. The molecule has 4 rings (SSSR count). The zero-order valence-corrected chi connectivity index (χ0v) is 20.8. The number of likely N-dealkylation sites (tertiary alicyclic amines) is 1. The SMILES string of the molecule is CC(C)Cn1c(=O)c(C(=O)NC2CC2)c(O)n2ncc(/C=C/C(=O)N3CCC(C(C)(C)O)CC3)c12. The number of aromatic nitrogens is 3. The minimum atomic E-state index is -0.765. The highest BCUT2D eigenvalue weighted by Crippen LogP contribution is 2.28. The third kappa shape index (κ3) is 5.27. The maximum Gasteiger partial charge on any atom is 0.270 e. The molecule has 190 valence electrons. The van der Waals surface area contributed by atoms with E-state index in [9.17, 15) is 24.6 Å². The summed E-state index contributed by atoms with van der Waals surface area (Å²) in [5.41, 5.74) is -0.856. The fourth-order valence-corrected chi connectivity index (χ4v) is 4.62. The van der Waals surface area contributed by atoms with Gasteiger partial charge in [-0.25, -0.2) is 0 Å². The first-order valence-corrected chi connectivity index (χ1v) is 12.3. The normalized spacial score (nSPS) is 17.6. The molecular weight excluding hydrogens is 450 g/mol. The van der Waals surface area contributed by atoms with Crippen LogP contribution in [0, 0.1) is 11.8 Å². The number of nitrogens with zero attached hydrogens (tertiary/aromatic N) is 4. The first-order valence-electron chi connectivity index (χ1n) is 12.3. The average Bonchev–Trinajstić information content (AvgIpc) is 3.49. The van der Waals surface area contributed by atoms with Gasteiger partial charge >= 0.3 is 0 Å². The number of aromatic hydroxyl groups is 1. The van der Waals surface area contributed by atoms with E-state index < -0.39 is 22.9 Å². The second kappa shape index (κ2) is 9.49. The number of nitrogens with one attached hydrogen (secondary N) is 1. The van der Waals surface area contributed by atoms with Gasteiger partial charge in [0.2, 0.25) is 11.8 Å². The van der Waals surface area contributed by atoms with Gasteiger partial charge in [0.1, 0.15) is 5.65 Å². The Morgan fingerprint density at radius 1 is 1.23 bits per heavy atom. The van der Waals surface area contributed by atoms with E-state index in [2.05, 4.69) is 10.4 Å². The number of amides is 2. The molecule has 3 heterocycles. The van der Waals surface area contributed by atoms with E-state index in [0.29, 0.717) is 30.8 Å². The summed E-state index contributed by atoms with van der Waals surface area (Å²) in [5, 5.41) is 28.0. The van der Waals surface area contributed by atoms with Crippen LogP contribution >= 0.6 is 0 Å². The highest BCUT2D eigenvalue weighted by atomic mass is 16.3. The number of fused-ring (bicyclic) bond motifs is 1. The van der Waals surface area contributed by atoms with Crippen molar-refractivity contribution in [2.45, 2.75) is 71.6 Å². The molecule has 2 aromatic rings. The molecule has 0 radical (unpaired) electrons. The topological polar surface area (TPSA) is 129 Å². The molecule has 2 aliphatic rings. The van der Waals surface area contributed by atoms with Gasteiger partial charge in [-0.2, -0.15) is 9.61 Å². The summed E-state index contributed by atoms with van der Waals surface area (Å²) in [4.78, 5) is 40.6. The lowest BCUT2D eigenvalue weighted by Crippen LogP contribution is -2.43. The highest BCUT2D eigenvalue weighted by Gasteiger charge is 2.32. The molecule has 2 amide bonds. The van der Waals surface area contributed by atoms with E-state index in [1.165, 1.54) is 21.4 Å². The molecule has 0 spiro atoms. The van der Waals surface area contributed by atoms with Crippen molar-refractivity contribution in [2.75, 3.05) is 13.1 Å². The monoisotopic (exact) mass is 485 g/mol. The van der Waals surface area contributed by atoms with E-state index in [4.69, 9.17) is 0 Å². The lowest BCUT2D eigenvalue weighted by atomic mass is 9.83. The molecule has 35 heavy (non-hydrogen) atoms. The fourth-order valence-electron chi connectivity index (χ4n) is 4.62. The quantitative estimate of drug-likeness (QED) is 0.513. The van der Waals surface area contributed by atoms with Crippen molar-refractivity contribution in [1.82, 2.24) is 24.4 Å². The van der Waals surface area contributed by atoms with Crippen LogP contribution in [-0.4, -0.2) is 65.8 Å². The van der Waals surface area contributed by atoms with Gasteiger partial charge in [0, 0.05) is 37.3 Å². The van der Waals surface area contributed by atoms with Crippen LogP contribution < -0.4 is 10.9 Å². The predicted octanol–water partition coefficient (Wildman–Crippen LogP) is 1.77. The van der Waals surface area contributed by atoms with Gasteiger partial charge in [-0.05, 0) is 57.4 Å². The molecule has 0 unspecified atom stereocenters. The maximum atomic E-state index is 13.3. The van der Waals surface area contributed by atoms with Gasteiger partial charge in [-0.3, -0.25) is 19.0 Å². The number of rotatable bonds is 7. The van der Waals surface area contributed by atoms with Gasteiger partial charge in [0.05, 0.1) is 11.8 Å². The van der Waals surface area contributed by atoms with Crippen molar-refractivity contribution in [3.63, 3.8) is 0 Å². The zero-order valence-electron chi connectivity index (χ0n) is 20.8. The Morgan fingerprint density at radius 2 is 1.89 bits per heavy atom. The molecule has 0 atom stereocenters. The zero-order chi connectivity index (χ0) is 25.5. The van der Waals surface area contributed by atoms with Gasteiger partial charge in [-0.1, -0.05) is 13.8 Å². The van der Waals surface area contributed by atoms with Gasteiger partial charge < -0.3 is 20.4 Å². The number of hydrogen-bond acceptors (Lipinski definition) is 6. The standard InChI is InChI=1S/C25H35N5O5/c1-15(2)14-29-22-16(5-8-19(31)28-11-9-17(10-12-28)25(3,4)35)13-26-30(22)24(34)20(23(29)33)21(32)27-18-6-7-18/h5,8,13,15,17-18,34-35H,6-7,9-12,14H2,1-4H3,(H,27,32)/b8-5+. The van der Waals surface area contributed by atoms with E-state index >= 15 is 0 Å². The number of carbonyl (C=O) groups is 2.